The molecule has 0 aliphatic heterocycles. The maximum Gasteiger partial charge on any atom is 0.123 e. The monoisotopic (exact) mass is 400 g/mol. The number of halogens is 3. The first kappa shape index (κ1) is 15.6. The lowest BCUT2D eigenvalue weighted by atomic mass is 10.1. The molecule has 1 unspecified atom stereocenters. The molecule has 0 bridgehead atoms. The lowest BCUT2D eigenvalue weighted by Gasteiger charge is -2.14. The fourth-order valence-corrected chi connectivity index (χ4v) is 3.02. The molecule has 20 heavy (non-hydrogen) atoms. The summed E-state index contributed by atoms with van der Waals surface area (Å²) in [6.07, 6.45) is 2.64. The number of nitrogens with one attached hydrogen (secondary N) is 1. The van der Waals surface area contributed by atoms with E-state index in [4.69, 9.17) is 0 Å². The van der Waals surface area contributed by atoms with E-state index in [2.05, 4.69) is 49.1 Å². The van der Waals surface area contributed by atoms with Crippen molar-refractivity contribution in [2.24, 2.45) is 0 Å². The molecule has 0 aliphatic rings. The molecule has 1 N–H and O–H groups in total. The highest BCUT2D eigenvalue weighted by molar-refractivity contribution is 9.11. The Morgan fingerprint density at radius 2 is 1.95 bits per heavy atom. The lowest BCUT2D eigenvalue weighted by Crippen LogP contribution is -2.28. The van der Waals surface area contributed by atoms with E-state index in [-0.39, 0.29) is 11.9 Å². The number of rotatable bonds is 5. The minimum atomic E-state index is -0.197. The van der Waals surface area contributed by atoms with Crippen molar-refractivity contribution in [3.63, 3.8) is 0 Å². The molecule has 1 atom stereocenters. The number of hydrogen-bond acceptors (Lipinski definition) is 2. The predicted molar refractivity (Wildman–Crippen MR) is 86.0 cm³/mol. The Balaban J connectivity index is 1.88. The molecule has 1 heterocycles. The molecule has 1 aromatic heterocycles. The van der Waals surface area contributed by atoms with Crippen molar-refractivity contribution >= 4 is 31.9 Å². The summed E-state index contributed by atoms with van der Waals surface area (Å²) in [5.41, 5.74) is 2.09. The fourth-order valence-electron chi connectivity index (χ4n) is 1.89. The standard InChI is InChI=1S/C15H15Br2FN2/c1-10(6-11-2-4-13(18)5-3-11)19-9-15-14(17)7-12(16)8-20-15/h2-5,7-8,10,19H,6,9H2,1H3. The van der Waals surface area contributed by atoms with Gasteiger partial charge in [-0.2, -0.15) is 0 Å². The molecule has 0 spiro atoms. The second-order valence-electron chi connectivity index (χ2n) is 4.69. The van der Waals surface area contributed by atoms with Crippen molar-refractivity contribution in [3.05, 3.63) is 62.5 Å². The van der Waals surface area contributed by atoms with Crippen molar-refractivity contribution in [3.8, 4) is 0 Å². The maximum atomic E-state index is 12.8. The number of hydrogen-bond donors (Lipinski definition) is 1. The van der Waals surface area contributed by atoms with Crippen LogP contribution in [-0.4, -0.2) is 11.0 Å². The van der Waals surface area contributed by atoms with Gasteiger partial charge in [-0.15, -0.1) is 0 Å². The lowest BCUT2D eigenvalue weighted by molar-refractivity contribution is 0.538. The van der Waals surface area contributed by atoms with Crippen molar-refractivity contribution in [1.29, 1.82) is 0 Å². The van der Waals surface area contributed by atoms with Gasteiger partial charge in [0.15, 0.2) is 0 Å². The first-order valence-corrected chi connectivity index (χ1v) is 7.91. The molecule has 1 aromatic carbocycles. The van der Waals surface area contributed by atoms with Crippen LogP contribution in [0.1, 0.15) is 18.2 Å². The van der Waals surface area contributed by atoms with Gasteiger partial charge in [-0.1, -0.05) is 12.1 Å². The fraction of sp³-hybridized carbons (Fsp3) is 0.267. The van der Waals surface area contributed by atoms with Gasteiger partial charge >= 0.3 is 0 Å². The number of pyridine rings is 1. The zero-order valence-corrected chi connectivity index (χ0v) is 14.2. The van der Waals surface area contributed by atoms with E-state index in [0.717, 1.165) is 26.6 Å². The largest absolute Gasteiger partial charge is 0.308 e. The molecule has 0 amide bonds. The minimum absolute atomic E-state index is 0.197. The van der Waals surface area contributed by atoms with Crippen LogP contribution in [0.4, 0.5) is 4.39 Å². The Morgan fingerprint density at radius 3 is 2.60 bits per heavy atom. The Hall–Kier alpha value is -0.780. The maximum absolute atomic E-state index is 12.8. The zero-order valence-electron chi connectivity index (χ0n) is 11.0. The van der Waals surface area contributed by atoms with Gasteiger partial charge in [0, 0.05) is 27.7 Å². The Labute approximate surface area is 135 Å². The first-order chi connectivity index (χ1) is 9.54. The Bertz CT molecular complexity index is 573. The van der Waals surface area contributed by atoms with Crippen LogP contribution in [0.15, 0.2) is 45.5 Å². The van der Waals surface area contributed by atoms with Gasteiger partial charge in [0.05, 0.1) is 5.69 Å². The van der Waals surface area contributed by atoms with Crippen LogP contribution in [0.3, 0.4) is 0 Å². The zero-order chi connectivity index (χ0) is 14.5. The summed E-state index contributed by atoms with van der Waals surface area (Å²) >= 11 is 6.88. The average molecular weight is 402 g/mol. The summed E-state index contributed by atoms with van der Waals surface area (Å²) in [5, 5.41) is 3.42. The van der Waals surface area contributed by atoms with E-state index in [1.165, 1.54) is 12.1 Å². The molecule has 0 saturated carbocycles. The molecule has 5 heteroatoms. The molecule has 2 nitrogen and oxygen atoms in total. The van der Waals surface area contributed by atoms with Crippen LogP contribution in [0.2, 0.25) is 0 Å². The molecule has 0 saturated heterocycles. The highest BCUT2D eigenvalue weighted by atomic mass is 79.9. The van der Waals surface area contributed by atoms with Gasteiger partial charge in [0.1, 0.15) is 5.82 Å². The SMILES string of the molecule is CC(Cc1ccc(F)cc1)NCc1ncc(Br)cc1Br. The second-order valence-corrected chi connectivity index (χ2v) is 6.46. The van der Waals surface area contributed by atoms with Crippen molar-refractivity contribution in [2.45, 2.75) is 25.9 Å². The van der Waals surface area contributed by atoms with Crippen LogP contribution in [0.25, 0.3) is 0 Å². The van der Waals surface area contributed by atoms with E-state index in [9.17, 15) is 4.39 Å². The summed E-state index contributed by atoms with van der Waals surface area (Å²) in [6.45, 7) is 2.80. The van der Waals surface area contributed by atoms with Crippen LogP contribution < -0.4 is 5.32 Å². The quantitative estimate of drug-likeness (QED) is 0.799. The van der Waals surface area contributed by atoms with Gasteiger partial charge < -0.3 is 5.32 Å². The van der Waals surface area contributed by atoms with E-state index >= 15 is 0 Å². The van der Waals surface area contributed by atoms with Gasteiger partial charge in [-0.05, 0) is 69.0 Å². The Kier molecular flexibility index (Phi) is 5.69. The molecule has 0 radical (unpaired) electrons. The minimum Gasteiger partial charge on any atom is -0.308 e. The smallest absolute Gasteiger partial charge is 0.123 e. The number of benzene rings is 1. The average Bonchev–Trinajstić information content (AvgIpc) is 2.40. The highest BCUT2D eigenvalue weighted by Crippen LogP contribution is 2.19. The van der Waals surface area contributed by atoms with E-state index in [1.807, 2.05) is 18.2 Å². The third-order valence-corrected chi connectivity index (χ3v) is 4.08. The van der Waals surface area contributed by atoms with Crippen LogP contribution >= 0.6 is 31.9 Å². The van der Waals surface area contributed by atoms with E-state index in [1.54, 1.807) is 6.20 Å². The van der Waals surface area contributed by atoms with Gasteiger partial charge in [0.2, 0.25) is 0 Å². The molecule has 0 fully saturated rings. The normalized spacial score (nSPS) is 12.4. The van der Waals surface area contributed by atoms with Gasteiger partial charge in [-0.3, -0.25) is 4.98 Å². The summed E-state index contributed by atoms with van der Waals surface area (Å²) in [7, 11) is 0. The third kappa shape index (κ3) is 4.65. The van der Waals surface area contributed by atoms with Gasteiger partial charge in [-0.25, -0.2) is 4.39 Å². The predicted octanol–water partition coefficient (Wildman–Crippen LogP) is 4.47. The highest BCUT2D eigenvalue weighted by Gasteiger charge is 2.06. The van der Waals surface area contributed by atoms with Crippen LogP contribution in [0, 0.1) is 5.82 Å². The van der Waals surface area contributed by atoms with Crippen molar-refractivity contribution in [2.75, 3.05) is 0 Å². The Morgan fingerprint density at radius 1 is 1.25 bits per heavy atom. The molecule has 2 rings (SSSR count). The first-order valence-electron chi connectivity index (χ1n) is 6.32. The summed E-state index contributed by atoms with van der Waals surface area (Å²) in [5.74, 6) is -0.197. The molecular formula is C15H15Br2FN2. The van der Waals surface area contributed by atoms with E-state index < -0.39 is 0 Å². The number of nitrogens with zero attached hydrogens (tertiary/aromatic N) is 1. The third-order valence-electron chi connectivity index (χ3n) is 2.96. The second kappa shape index (κ2) is 7.29. The summed E-state index contributed by atoms with van der Waals surface area (Å²) in [6, 6.07) is 8.90. The van der Waals surface area contributed by atoms with Gasteiger partial charge in [0.25, 0.3) is 0 Å². The molecule has 106 valence electrons. The topological polar surface area (TPSA) is 24.9 Å². The summed E-state index contributed by atoms with van der Waals surface area (Å²) in [4.78, 5) is 4.36. The summed E-state index contributed by atoms with van der Waals surface area (Å²) < 4.78 is 14.8. The number of aromatic nitrogens is 1. The molecule has 0 aliphatic carbocycles. The molecule has 2 aromatic rings. The van der Waals surface area contributed by atoms with Crippen LogP contribution in [0.5, 0.6) is 0 Å². The molecular weight excluding hydrogens is 387 g/mol. The van der Waals surface area contributed by atoms with Crippen molar-refractivity contribution < 1.29 is 4.39 Å². The van der Waals surface area contributed by atoms with E-state index in [0.29, 0.717) is 6.54 Å². The van der Waals surface area contributed by atoms with Crippen LogP contribution in [-0.2, 0) is 13.0 Å². The van der Waals surface area contributed by atoms with Crippen molar-refractivity contribution in [1.82, 2.24) is 10.3 Å².